The fourth-order valence-electron chi connectivity index (χ4n) is 1.82. The van der Waals surface area contributed by atoms with Crippen molar-refractivity contribution < 1.29 is 0 Å². The molecule has 2 aromatic heterocycles. The van der Waals surface area contributed by atoms with Crippen molar-refractivity contribution in [3.63, 3.8) is 0 Å². The molecule has 5 heteroatoms. The fraction of sp³-hybridized carbons (Fsp3) is 0.333. The molecule has 2 heterocycles. The molecule has 0 aliphatic rings. The van der Waals surface area contributed by atoms with Gasteiger partial charge in [-0.1, -0.05) is 12.8 Å². The molecule has 2 rings (SSSR count). The Morgan fingerprint density at radius 2 is 2.29 bits per heavy atom. The fourth-order valence-corrected chi connectivity index (χ4v) is 1.82. The van der Waals surface area contributed by atoms with Crippen LogP contribution in [0.15, 0.2) is 12.5 Å². The Labute approximate surface area is 100 Å². The Kier molecular flexibility index (Phi) is 2.88. The molecule has 0 atom stereocenters. The van der Waals surface area contributed by atoms with Gasteiger partial charge in [0.05, 0.1) is 18.6 Å². The topological polar surface area (TPSA) is 61.7 Å². The molecule has 2 N–H and O–H groups in total. The van der Waals surface area contributed by atoms with Crippen molar-refractivity contribution >= 4 is 5.82 Å². The second kappa shape index (κ2) is 4.34. The lowest BCUT2D eigenvalue weighted by molar-refractivity contribution is 0.746. The minimum absolute atomic E-state index is 0.431. The first kappa shape index (κ1) is 11.3. The van der Waals surface area contributed by atoms with Gasteiger partial charge in [0.1, 0.15) is 11.5 Å². The summed E-state index contributed by atoms with van der Waals surface area (Å²) in [6.45, 7) is 2.49. The van der Waals surface area contributed by atoms with Crippen LogP contribution in [0.4, 0.5) is 5.82 Å². The van der Waals surface area contributed by atoms with Crippen LogP contribution < -0.4 is 5.73 Å². The highest BCUT2D eigenvalue weighted by atomic mass is 15.3. The van der Waals surface area contributed by atoms with Crippen molar-refractivity contribution in [3.05, 3.63) is 18.2 Å². The third-order valence-corrected chi connectivity index (χ3v) is 2.64. The van der Waals surface area contributed by atoms with E-state index in [4.69, 9.17) is 12.2 Å². The summed E-state index contributed by atoms with van der Waals surface area (Å²) in [5, 5.41) is 4.37. The zero-order valence-electron chi connectivity index (χ0n) is 10.0. The largest absolute Gasteiger partial charge is 0.383 e. The third kappa shape index (κ3) is 1.89. The lowest BCUT2D eigenvalue weighted by Crippen LogP contribution is -2.00. The van der Waals surface area contributed by atoms with Gasteiger partial charge in [-0.25, -0.2) is 4.98 Å². The van der Waals surface area contributed by atoms with Crippen LogP contribution in [-0.2, 0) is 20.0 Å². The minimum atomic E-state index is 0.431. The van der Waals surface area contributed by atoms with Crippen molar-refractivity contribution in [3.8, 4) is 23.6 Å². The average molecular weight is 229 g/mol. The van der Waals surface area contributed by atoms with Gasteiger partial charge in [-0.05, 0) is 6.42 Å². The number of anilines is 1. The molecule has 0 bridgehead atoms. The van der Waals surface area contributed by atoms with Gasteiger partial charge in [0, 0.05) is 18.8 Å². The average Bonchev–Trinajstić information content (AvgIpc) is 2.84. The molecular formula is C12H15N5. The summed E-state index contributed by atoms with van der Waals surface area (Å²) in [6, 6.07) is 0. The van der Waals surface area contributed by atoms with Gasteiger partial charge in [0.15, 0.2) is 0 Å². The lowest BCUT2D eigenvalue weighted by Gasteiger charge is -2.01. The number of terminal acetylenes is 1. The standard InChI is InChI=1S/C12H15N5/c1-4-6-17-8-14-11(12(17)13)9-7-16(3)15-10(9)5-2/h1,7-8H,5-6,13H2,2-3H3. The van der Waals surface area contributed by atoms with Crippen LogP contribution in [0.3, 0.4) is 0 Å². The minimum Gasteiger partial charge on any atom is -0.383 e. The molecule has 0 aliphatic carbocycles. The van der Waals surface area contributed by atoms with E-state index in [-0.39, 0.29) is 0 Å². The smallest absolute Gasteiger partial charge is 0.132 e. The Hall–Kier alpha value is -2.22. The zero-order valence-corrected chi connectivity index (χ0v) is 10.0. The Balaban J connectivity index is 2.50. The first-order chi connectivity index (χ1) is 8.17. The van der Waals surface area contributed by atoms with E-state index in [9.17, 15) is 0 Å². The predicted octanol–water partition coefficient (Wildman–Crippen LogP) is 1.06. The van der Waals surface area contributed by atoms with Crippen LogP contribution in [0.25, 0.3) is 11.3 Å². The number of hydrogen-bond donors (Lipinski definition) is 1. The van der Waals surface area contributed by atoms with Gasteiger partial charge in [-0.15, -0.1) is 6.42 Å². The highest BCUT2D eigenvalue weighted by molar-refractivity contribution is 5.71. The van der Waals surface area contributed by atoms with Crippen molar-refractivity contribution in [2.75, 3.05) is 5.73 Å². The molecule has 88 valence electrons. The number of rotatable bonds is 3. The quantitative estimate of drug-likeness (QED) is 0.800. The van der Waals surface area contributed by atoms with Gasteiger partial charge >= 0.3 is 0 Å². The van der Waals surface area contributed by atoms with E-state index in [1.807, 2.05) is 13.2 Å². The Morgan fingerprint density at radius 1 is 1.53 bits per heavy atom. The number of nitrogen functional groups attached to an aromatic ring is 1. The van der Waals surface area contributed by atoms with Crippen LogP contribution in [0.5, 0.6) is 0 Å². The van der Waals surface area contributed by atoms with E-state index in [1.165, 1.54) is 0 Å². The number of hydrogen-bond acceptors (Lipinski definition) is 3. The number of imidazole rings is 1. The summed E-state index contributed by atoms with van der Waals surface area (Å²) < 4.78 is 3.52. The van der Waals surface area contributed by atoms with Gasteiger partial charge in [0.2, 0.25) is 0 Å². The molecule has 0 aliphatic heterocycles. The van der Waals surface area contributed by atoms with E-state index < -0.39 is 0 Å². The molecule has 17 heavy (non-hydrogen) atoms. The highest BCUT2D eigenvalue weighted by Gasteiger charge is 2.15. The van der Waals surface area contributed by atoms with Crippen molar-refractivity contribution in [1.82, 2.24) is 19.3 Å². The lowest BCUT2D eigenvalue weighted by atomic mass is 10.1. The maximum absolute atomic E-state index is 6.02. The summed E-state index contributed by atoms with van der Waals surface area (Å²) in [5.74, 6) is 3.13. The molecule has 0 amide bonds. The zero-order chi connectivity index (χ0) is 12.4. The molecule has 2 aromatic rings. The number of nitrogens with two attached hydrogens (primary N) is 1. The number of aryl methyl sites for hydroxylation is 2. The van der Waals surface area contributed by atoms with E-state index in [0.29, 0.717) is 12.4 Å². The summed E-state index contributed by atoms with van der Waals surface area (Å²) in [7, 11) is 1.89. The molecule has 0 fully saturated rings. The molecule has 0 radical (unpaired) electrons. The van der Waals surface area contributed by atoms with E-state index >= 15 is 0 Å². The number of nitrogens with zero attached hydrogens (tertiary/aromatic N) is 4. The van der Waals surface area contributed by atoms with Crippen LogP contribution in [0.1, 0.15) is 12.6 Å². The van der Waals surface area contributed by atoms with E-state index in [1.54, 1.807) is 15.6 Å². The van der Waals surface area contributed by atoms with Crippen LogP contribution >= 0.6 is 0 Å². The maximum atomic E-state index is 6.02. The first-order valence-electron chi connectivity index (χ1n) is 5.44. The van der Waals surface area contributed by atoms with Crippen LogP contribution in [0.2, 0.25) is 0 Å². The van der Waals surface area contributed by atoms with Gasteiger partial charge in [0.25, 0.3) is 0 Å². The number of aromatic nitrogens is 4. The monoisotopic (exact) mass is 229 g/mol. The second-order valence-electron chi connectivity index (χ2n) is 3.83. The van der Waals surface area contributed by atoms with Gasteiger partial charge in [-0.3, -0.25) is 4.68 Å². The molecule has 0 spiro atoms. The highest BCUT2D eigenvalue weighted by Crippen LogP contribution is 2.27. The van der Waals surface area contributed by atoms with Crippen molar-refractivity contribution in [2.24, 2.45) is 7.05 Å². The normalized spacial score (nSPS) is 10.4. The summed E-state index contributed by atoms with van der Waals surface area (Å²) in [6.07, 6.45) is 9.70. The summed E-state index contributed by atoms with van der Waals surface area (Å²) in [5.41, 5.74) is 8.74. The van der Waals surface area contributed by atoms with Crippen LogP contribution in [-0.4, -0.2) is 19.3 Å². The van der Waals surface area contributed by atoms with Gasteiger partial charge in [-0.2, -0.15) is 5.10 Å². The van der Waals surface area contributed by atoms with Crippen LogP contribution in [0, 0.1) is 12.3 Å². The third-order valence-electron chi connectivity index (χ3n) is 2.64. The van der Waals surface area contributed by atoms with Crippen molar-refractivity contribution in [2.45, 2.75) is 19.9 Å². The molecular weight excluding hydrogens is 214 g/mol. The summed E-state index contributed by atoms with van der Waals surface area (Å²) >= 11 is 0. The Bertz CT molecular complexity index is 570. The second-order valence-corrected chi connectivity index (χ2v) is 3.83. The van der Waals surface area contributed by atoms with Gasteiger partial charge < -0.3 is 10.3 Å². The van der Waals surface area contributed by atoms with E-state index in [2.05, 4.69) is 22.9 Å². The van der Waals surface area contributed by atoms with E-state index in [0.717, 1.165) is 23.4 Å². The SMILES string of the molecule is C#CCn1cnc(-c2cn(C)nc2CC)c1N. The molecule has 0 aromatic carbocycles. The summed E-state index contributed by atoms with van der Waals surface area (Å²) in [4.78, 5) is 4.32. The predicted molar refractivity (Wildman–Crippen MR) is 67.1 cm³/mol. The Morgan fingerprint density at radius 3 is 2.94 bits per heavy atom. The maximum Gasteiger partial charge on any atom is 0.132 e. The van der Waals surface area contributed by atoms with Crippen molar-refractivity contribution in [1.29, 1.82) is 0 Å². The molecule has 0 saturated heterocycles. The molecule has 0 unspecified atom stereocenters. The molecule has 5 nitrogen and oxygen atoms in total. The molecule has 0 saturated carbocycles. The first-order valence-corrected chi connectivity index (χ1v) is 5.44.